The number of fused-ring (bicyclic) bond motifs is 1. The molecule has 0 radical (unpaired) electrons. The van der Waals surface area contributed by atoms with Crippen molar-refractivity contribution in [2.24, 2.45) is 5.92 Å². The molecule has 0 aliphatic carbocycles. The highest BCUT2D eigenvalue weighted by Crippen LogP contribution is 2.17. The summed E-state index contributed by atoms with van der Waals surface area (Å²) in [5, 5.41) is 7.79. The van der Waals surface area contributed by atoms with Crippen LogP contribution in [0.4, 0.5) is 5.95 Å². The molecule has 3 heterocycles. The first-order valence-corrected chi connectivity index (χ1v) is 7.13. The molecule has 0 spiro atoms. The molecule has 1 aliphatic rings. The Balaban J connectivity index is 1.55. The summed E-state index contributed by atoms with van der Waals surface area (Å²) >= 11 is 0. The smallest absolute Gasteiger partial charge is 0.243 e. The molecule has 2 aromatic rings. The molecule has 2 aromatic heterocycles. The zero-order valence-electron chi connectivity index (χ0n) is 11.4. The number of pyridine rings is 1. The minimum Gasteiger partial charge on any atom is -0.353 e. The molecule has 102 valence electrons. The quantitative estimate of drug-likeness (QED) is 0.910. The van der Waals surface area contributed by atoms with Gasteiger partial charge in [0.05, 0.1) is 0 Å². The molecule has 0 amide bonds. The van der Waals surface area contributed by atoms with Gasteiger partial charge in [0.2, 0.25) is 5.95 Å². The van der Waals surface area contributed by atoms with E-state index < -0.39 is 0 Å². The zero-order chi connectivity index (χ0) is 13.1. The van der Waals surface area contributed by atoms with Crippen LogP contribution in [0.3, 0.4) is 0 Å². The van der Waals surface area contributed by atoms with Crippen molar-refractivity contribution in [2.75, 3.05) is 31.5 Å². The molecule has 0 unspecified atom stereocenters. The van der Waals surface area contributed by atoms with Crippen molar-refractivity contribution in [3.63, 3.8) is 0 Å². The Labute approximate surface area is 113 Å². The fraction of sp³-hybridized carbons (Fsp3) is 0.571. The maximum atomic E-state index is 4.46. The van der Waals surface area contributed by atoms with Gasteiger partial charge in [0.1, 0.15) is 0 Å². The topological polar surface area (TPSA) is 45.5 Å². The van der Waals surface area contributed by atoms with Crippen molar-refractivity contribution in [3.05, 3.63) is 24.4 Å². The maximum Gasteiger partial charge on any atom is 0.243 e. The molecule has 1 aliphatic heterocycles. The van der Waals surface area contributed by atoms with Crippen LogP contribution in [0, 0.1) is 5.92 Å². The number of hydrogen-bond donors (Lipinski definition) is 1. The number of piperidine rings is 1. The summed E-state index contributed by atoms with van der Waals surface area (Å²) in [6.45, 7) is 6.84. The third kappa shape index (κ3) is 2.87. The van der Waals surface area contributed by atoms with Gasteiger partial charge in [-0.2, -0.15) is 4.98 Å². The Morgan fingerprint density at radius 3 is 2.89 bits per heavy atom. The molecule has 1 fully saturated rings. The van der Waals surface area contributed by atoms with Gasteiger partial charge in [-0.25, -0.2) is 4.52 Å². The number of anilines is 1. The lowest BCUT2D eigenvalue weighted by Crippen LogP contribution is -2.35. The summed E-state index contributed by atoms with van der Waals surface area (Å²) in [5.74, 6) is 1.48. The average molecular weight is 259 g/mol. The molecule has 1 saturated heterocycles. The van der Waals surface area contributed by atoms with Gasteiger partial charge in [-0.1, -0.05) is 13.0 Å². The number of nitrogens with one attached hydrogen (secondary N) is 1. The van der Waals surface area contributed by atoms with Crippen molar-refractivity contribution >= 4 is 11.6 Å². The second-order valence-corrected chi connectivity index (χ2v) is 5.20. The SMILES string of the molecule is CCN1CCC(CNc2nc3ccccn3n2)CC1. The van der Waals surface area contributed by atoms with Crippen molar-refractivity contribution in [1.29, 1.82) is 0 Å². The summed E-state index contributed by atoms with van der Waals surface area (Å²) in [5.41, 5.74) is 0.894. The number of hydrogen-bond acceptors (Lipinski definition) is 4. The molecule has 0 bridgehead atoms. The van der Waals surface area contributed by atoms with Gasteiger partial charge in [0, 0.05) is 12.7 Å². The second-order valence-electron chi connectivity index (χ2n) is 5.20. The highest BCUT2D eigenvalue weighted by Gasteiger charge is 2.18. The molecule has 0 aromatic carbocycles. The van der Waals surface area contributed by atoms with Gasteiger partial charge < -0.3 is 10.2 Å². The van der Waals surface area contributed by atoms with E-state index in [0.717, 1.165) is 24.1 Å². The maximum absolute atomic E-state index is 4.46. The molecule has 5 nitrogen and oxygen atoms in total. The predicted octanol–water partition coefficient (Wildman–Crippen LogP) is 1.87. The summed E-state index contributed by atoms with van der Waals surface area (Å²) in [6, 6.07) is 5.91. The Hall–Kier alpha value is -1.62. The largest absolute Gasteiger partial charge is 0.353 e. The molecular formula is C14H21N5. The minimum absolute atomic E-state index is 0.740. The number of rotatable bonds is 4. The molecule has 0 saturated carbocycles. The second kappa shape index (κ2) is 5.57. The van der Waals surface area contributed by atoms with Crippen molar-refractivity contribution in [1.82, 2.24) is 19.5 Å². The van der Waals surface area contributed by atoms with Crippen LogP contribution in [0.25, 0.3) is 5.65 Å². The number of aromatic nitrogens is 3. The Morgan fingerprint density at radius 2 is 2.16 bits per heavy atom. The van der Waals surface area contributed by atoms with Crippen LogP contribution in [0.2, 0.25) is 0 Å². The first-order chi connectivity index (χ1) is 9.35. The Kier molecular flexibility index (Phi) is 3.64. The first-order valence-electron chi connectivity index (χ1n) is 7.13. The van der Waals surface area contributed by atoms with Crippen LogP contribution in [0.15, 0.2) is 24.4 Å². The fourth-order valence-electron chi connectivity index (χ4n) is 2.65. The lowest BCUT2D eigenvalue weighted by molar-refractivity contribution is 0.198. The summed E-state index contributed by atoms with van der Waals surface area (Å²) in [7, 11) is 0. The third-order valence-electron chi connectivity index (χ3n) is 3.94. The van der Waals surface area contributed by atoms with Crippen LogP contribution >= 0.6 is 0 Å². The van der Waals surface area contributed by atoms with Gasteiger partial charge in [0.15, 0.2) is 5.65 Å². The van der Waals surface area contributed by atoms with Gasteiger partial charge in [0.25, 0.3) is 0 Å². The Bertz CT molecular complexity index is 494. The minimum atomic E-state index is 0.740. The van der Waals surface area contributed by atoms with Crippen molar-refractivity contribution < 1.29 is 0 Å². The van der Waals surface area contributed by atoms with Gasteiger partial charge in [-0.05, 0) is 50.5 Å². The van der Waals surface area contributed by atoms with Crippen LogP contribution in [-0.2, 0) is 0 Å². The molecular weight excluding hydrogens is 238 g/mol. The lowest BCUT2D eigenvalue weighted by atomic mass is 9.97. The van der Waals surface area contributed by atoms with Crippen LogP contribution in [-0.4, -0.2) is 45.7 Å². The summed E-state index contributed by atoms with van der Waals surface area (Å²) < 4.78 is 1.81. The van der Waals surface area contributed by atoms with E-state index in [1.165, 1.54) is 32.5 Å². The van der Waals surface area contributed by atoms with Crippen LogP contribution in [0.5, 0.6) is 0 Å². The van der Waals surface area contributed by atoms with Crippen LogP contribution in [0.1, 0.15) is 19.8 Å². The van der Waals surface area contributed by atoms with E-state index in [4.69, 9.17) is 0 Å². The Morgan fingerprint density at radius 1 is 1.32 bits per heavy atom. The van der Waals surface area contributed by atoms with E-state index in [0.29, 0.717) is 0 Å². The van der Waals surface area contributed by atoms with E-state index in [-0.39, 0.29) is 0 Å². The highest BCUT2D eigenvalue weighted by molar-refractivity contribution is 5.42. The zero-order valence-corrected chi connectivity index (χ0v) is 11.4. The average Bonchev–Trinajstić information content (AvgIpc) is 2.88. The normalized spacial score (nSPS) is 17.9. The molecule has 0 atom stereocenters. The molecule has 19 heavy (non-hydrogen) atoms. The number of nitrogens with zero attached hydrogens (tertiary/aromatic N) is 4. The van der Waals surface area contributed by atoms with Crippen LogP contribution < -0.4 is 5.32 Å². The first kappa shape index (κ1) is 12.4. The summed E-state index contributed by atoms with van der Waals surface area (Å²) in [4.78, 5) is 6.97. The van der Waals surface area contributed by atoms with E-state index in [1.807, 2.05) is 28.9 Å². The predicted molar refractivity (Wildman–Crippen MR) is 76.3 cm³/mol. The standard InChI is InChI=1S/C14H21N5/c1-2-18-9-6-12(7-10-18)11-15-14-16-13-5-3-4-8-19(13)17-14/h3-5,8,12H,2,6-7,9-11H2,1H3,(H,15,17). The lowest BCUT2D eigenvalue weighted by Gasteiger charge is -2.30. The van der Waals surface area contributed by atoms with Crippen molar-refractivity contribution in [2.45, 2.75) is 19.8 Å². The van der Waals surface area contributed by atoms with E-state index in [9.17, 15) is 0 Å². The fourth-order valence-corrected chi connectivity index (χ4v) is 2.65. The molecule has 5 heteroatoms. The third-order valence-corrected chi connectivity index (χ3v) is 3.94. The van der Waals surface area contributed by atoms with Gasteiger partial charge in [-0.3, -0.25) is 0 Å². The van der Waals surface area contributed by atoms with Gasteiger partial charge in [-0.15, -0.1) is 5.10 Å². The molecule has 1 N–H and O–H groups in total. The van der Waals surface area contributed by atoms with E-state index >= 15 is 0 Å². The van der Waals surface area contributed by atoms with E-state index in [2.05, 4.69) is 27.2 Å². The number of likely N-dealkylation sites (tertiary alicyclic amines) is 1. The monoisotopic (exact) mass is 259 g/mol. The summed E-state index contributed by atoms with van der Waals surface area (Å²) in [6.07, 6.45) is 4.47. The highest BCUT2D eigenvalue weighted by atomic mass is 15.3. The molecule has 3 rings (SSSR count). The van der Waals surface area contributed by atoms with E-state index in [1.54, 1.807) is 0 Å². The van der Waals surface area contributed by atoms with Crippen molar-refractivity contribution in [3.8, 4) is 0 Å². The van der Waals surface area contributed by atoms with Gasteiger partial charge >= 0.3 is 0 Å².